The first-order valence-corrected chi connectivity index (χ1v) is 10.6. The van der Waals surface area contributed by atoms with Gasteiger partial charge in [0.1, 0.15) is 16.1 Å². The smallest absolute Gasteiger partial charge is 0.253 e. The maximum Gasteiger partial charge on any atom is 0.253 e. The van der Waals surface area contributed by atoms with Crippen molar-refractivity contribution in [2.45, 2.75) is 36.6 Å². The largest absolute Gasteiger partial charge is 0.340 e. The first kappa shape index (κ1) is 19.0. The number of hydrogen-bond donors (Lipinski definition) is 0. The van der Waals surface area contributed by atoms with Crippen LogP contribution in [0.4, 0.5) is 4.39 Å². The molecule has 0 aliphatic carbocycles. The molecule has 1 aromatic heterocycles. The van der Waals surface area contributed by atoms with E-state index in [0.717, 1.165) is 4.88 Å². The Morgan fingerprint density at radius 2 is 2.04 bits per heavy atom. The standard InChI is InChI=1S/C18H21FN2O3S2/c1-13-9-10-17(25-13)26(23,24)21-11-5-8-16(21)18(22)20(2)12-14-6-3-4-7-15(14)19/h3-4,6-7,9-10,16H,5,8,11-12H2,1-2H3. The van der Waals surface area contributed by atoms with E-state index in [-0.39, 0.29) is 22.5 Å². The van der Waals surface area contributed by atoms with Crippen LogP contribution in [0, 0.1) is 12.7 Å². The lowest BCUT2D eigenvalue weighted by molar-refractivity contribution is -0.133. The number of benzene rings is 1. The fourth-order valence-electron chi connectivity index (χ4n) is 3.16. The lowest BCUT2D eigenvalue weighted by Gasteiger charge is -2.27. The molecule has 140 valence electrons. The molecule has 1 aliphatic rings. The molecule has 1 amide bonds. The lowest BCUT2D eigenvalue weighted by Crippen LogP contribution is -2.46. The van der Waals surface area contributed by atoms with Crippen molar-refractivity contribution in [2.75, 3.05) is 13.6 Å². The quantitative estimate of drug-likeness (QED) is 0.781. The van der Waals surface area contributed by atoms with Crippen molar-refractivity contribution in [1.82, 2.24) is 9.21 Å². The van der Waals surface area contributed by atoms with Crippen molar-refractivity contribution >= 4 is 27.3 Å². The summed E-state index contributed by atoms with van der Waals surface area (Å²) in [6.07, 6.45) is 1.11. The van der Waals surface area contributed by atoms with Crippen LogP contribution in [-0.4, -0.2) is 43.2 Å². The number of rotatable bonds is 5. The van der Waals surface area contributed by atoms with Gasteiger partial charge in [-0.2, -0.15) is 4.31 Å². The van der Waals surface area contributed by atoms with Crippen molar-refractivity contribution in [1.29, 1.82) is 0 Å². The van der Waals surface area contributed by atoms with Crippen molar-refractivity contribution in [3.05, 3.63) is 52.7 Å². The number of amides is 1. The fraction of sp³-hybridized carbons (Fsp3) is 0.389. The van der Waals surface area contributed by atoms with Gasteiger partial charge in [-0.3, -0.25) is 4.79 Å². The summed E-state index contributed by atoms with van der Waals surface area (Å²) in [5.41, 5.74) is 0.407. The van der Waals surface area contributed by atoms with E-state index in [9.17, 15) is 17.6 Å². The third-order valence-electron chi connectivity index (χ3n) is 4.51. The van der Waals surface area contributed by atoms with E-state index in [1.54, 1.807) is 37.4 Å². The van der Waals surface area contributed by atoms with Gasteiger partial charge in [-0.05, 0) is 38.0 Å². The van der Waals surface area contributed by atoms with Crippen LogP contribution in [-0.2, 0) is 21.4 Å². The molecule has 2 heterocycles. The predicted octanol–water partition coefficient (Wildman–Crippen LogP) is 3.01. The van der Waals surface area contributed by atoms with Crippen LogP contribution in [0.15, 0.2) is 40.6 Å². The Hall–Kier alpha value is -1.77. The molecule has 1 unspecified atom stereocenters. The van der Waals surface area contributed by atoms with E-state index < -0.39 is 16.1 Å². The lowest BCUT2D eigenvalue weighted by atomic mass is 10.1. The summed E-state index contributed by atoms with van der Waals surface area (Å²) >= 11 is 1.20. The number of aryl methyl sites for hydroxylation is 1. The monoisotopic (exact) mass is 396 g/mol. The average Bonchev–Trinajstić information content (AvgIpc) is 3.25. The number of likely N-dealkylation sites (N-methyl/N-ethyl adjacent to an activating group) is 1. The molecule has 3 rings (SSSR count). The third-order valence-corrected chi connectivity index (χ3v) is 7.89. The molecule has 1 atom stereocenters. The highest BCUT2D eigenvalue weighted by molar-refractivity contribution is 7.91. The first-order chi connectivity index (χ1) is 12.3. The minimum atomic E-state index is -3.70. The Morgan fingerprint density at radius 1 is 1.31 bits per heavy atom. The second-order valence-corrected chi connectivity index (χ2v) is 9.83. The summed E-state index contributed by atoms with van der Waals surface area (Å²) in [4.78, 5) is 15.2. The number of thiophene rings is 1. The number of halogens is 1. The molecule has 26 heavy (non-hydrogen) atoms. The Balaban J connectivity index is 1.79. The molecule has 1 saturated heterocycles. The van der Waals surface area contributed by atoms with Crippen LogP contribution in [0.2, 0.25) is 0 Å². The summed E-state index contributed by atoms with van der Waals surface area (Å²) in [6, 6.07) is 8.87. The highest BCUT2D eigenvalue weighted by atomic mass is 32.2. The molecule has 8 heteroatoms. The van der Waals surface area contributed by atoms with E-state index in [1.165, 1.54) is 26.6 Å². The Bertz CT molecular complexity index is 911. The molecule has 1 aromatic carbocycles. The average molecular weight is 397 g/mol. The summed E-state index contributed by atoms with van der Waals surface area (Å²) in [5, 5.41) is 0. The molecule has 2 aromatic rings. The molecule has 0 N–H and O–H groups in total. The van der Waals surface area contributed by atoms with E-state index >= 15 is 0 Å². The van der Waals surface area contributed by atoms with Gasteiger partial charge in [0.2, 0.25) is 5.91 Å². The van der Waals surface area contributed by atoms with Gasteiger partial charge >= 0.3 is 0 Å². The van der Waals surface area contributed by atoms with E-state index in [2.05, 4.69) is 0 Å². The summed E-state index contributed by atoms with van der Waals surface area (Å²) in [7, 11) is -2.12. The van der Waals surface area contributed by atoms with Gasteiger partial charge in [0.05, 0.1) is 0 Å². The van der Waals surface area contributed by atoms with Gasteiger partial charge < -0.3 is 4.90 Å². The van der Waals surface area contributed by atoms with Crippen LogP contribution in [0.3, 0.4) is 0 Å². The van der Waals surface area contributed by atoms with E-state index in [1.807, 2.05) is 6.92 Å². The molecule has 0 saturated carbocycles. The molecule has 1 fully saturated rings. The molecule has 0 radical (unpaired) electrons. The second-order valence-electron chi connectivity index (χ2n) is 6.42. The molecular weight excluding hydrogens is 375 g/mol. The predicted molar refractivity (Wildman–Crippen MR) is 98.8 cm³/mol. The molecule has 0 spiro atoms. The normalized spacial score (nSPS) is 18.2. The van der Waals surface area contributed by atoms with Crippen molar-refractivity contribution < 1.29 is 17.6 Å². The van der Waals surface area contributed by atoms with E-state index in [0.29, 0.717) is 24.9 Å². The second kappa shape index (κ2) is 7.46. The number of nitrogens with zero attached hydrogens (tertiary/aromatic N) is 2. The zero-order chi connectivity index (χ0) is 18.9. The van der Waals surface area contributed by atoms with E-state index in [4.69, 9.17) is 0 Å². The number of carbonyl (C=O) groups excluding carboxylic acids is 1. The van der Waals surface area contributed by atoms with Crippen LogP contribution in [0.25, 0.3) is 0 Å². The van der Waals surface area contributed by atoms with Crippen LogP contribution in [0.5, 0.6) is 0 Å². The van der Waals surface area contributed by atoms with Gasteiger partial charge in [-0.1, -0.05) is 18.2 Å². The van der Waals surface area contributed by atoms with Gasteiger partial charge in [-0.15, -0.1) is 11.3 Å². The maximum atomic E-state index is 13.8. The van der Waals surface area contributed by atoms with Crippen LogP contribution in [0.1, 0.15) is 23.3 Å². The summed E-state index contributed by atoms with van der Waals surface area (Å²) in [5.74, 6) is -0.681. The minimum absolute atomic E-state index is 0.105. The summed E-state index contributed by atoms with van der Waals surface area (Å²) in [6.45, 7) is 2.27. The number of hydrogen-bond acceptors (Lipinski definition) is 4. The fourth-order valence-corrected chi connectivity index (χ4v) is 6.22. The Morgan fingerprint density at radius 3 is 2.69 bits per heavy atom. The third kappa shape index (κ3) is 3.67. The van der Waals surface area contributed by atoms with Crippen molar-refractivity contribution in [3.8, 4) is 0 Å². The molecular formula is C18H21FN2O3S2. The first-order valence-electron chi connectivity index (χ1n) is 8.37. The van der Waals surface area contributed by atoms with Crippen molar-refractivity contribution in [2.24, 2.45) is 0 Å². The highest BCUT2D eigenvalue weighted by Gasteiger charge is 2.41. The Kier molecular flexibility index (Phi) is 5.45. The zero-order valence-corrected chi connectivity index (χ0v) is 16.3. The molecule has 5 nitrogen and oxygen atoms in total. The van der Waals surface area contributed by atoms with Gasteiger partial charge in [0.15, 0.2) is 0 Å². The summed E-state index contributed by atoms with van der Waals surface area (Å²) < 4.78 is 41.2. The number of sulfonamides is 1. The molecule has 0 bridgehead atoms. The van der Waals surface area contributed by atoms with Gasteiger partial charge in [-0.25, -0.2) is 12.8 Å². The molecule has 1 aliphatic heterocycles. The minimum Gasteiger partial charge on any atom is -0.340 e. The Labute approximate surface area is 157 Å². The maximum absolute atomic E-state index is 13.8. The SMILES string of the molecule is Cc1ccc(S(=O)(=O)N2CCCC2C(=O)N(C)Cc2ccccc2F)s1. The van der Waals surface area contributed by atoms with Crippen molar-refractivity contribution in [3.63, 3.8) is 0 Å². The zero-order valence-electron chi connectivity index (χ0n) is 14.7. The highest BCUT2D eigenvalue weighted by Crippen LogP contribution is 2.31. The van der Waals surface area contributed by atoms with Gasteiger partial charge in [0.25, 0.3) is 10.0 Å². The topological polar surface area (TPSA) is 57.7 Å². The van der Waals surface area contributed by atoms with Crippen LogP contribution >= 0.6 is 11.3 Å². The van der Waals surface area contributed by atoms with Gasteiger partial charge in [0, 0.05) is 30.6 Å². The number of carbonyl (C=O) groups is 1. The van der Waals surface area contributed by atoms with Crippen LogP contribution < -0.4 is 0 Å².